The third-order valence-corrected chi connectivity index (χ3v) is 7.01. The van der Waals surface area contributed by atoms with Gasteiger partial charge in [-0.1, -0.05) is 6.07 Å². The summed E-state index contributed by atoms with van der Waals surface area (Å²) in [6, 6.07) is 3.95. The number of hydrogen-bond acceptors (Lipinski definition) is 8. The maximum absolute atomic E-state index is 14.5. The summed E-state index contributed by atoms with van der Waals surface area (Å²) in [5.41, 5.74) is 0.891. The summed E-state index contributed by atoms with van der Waals surface area (Å²) in [4.78, 5) is 28.7. The van der Waals surface area contributed by atoms with Gasteiger partial charge in [0.15, 0.2) is 11.6 Å². The van der Waals surface area contributed by atoms with E-state index in [2.05, 4.69) is 25.2 Å². The van der Waals surface area contributed by atoms with Crippen LogP contribution in [0.1, 0.15) is 12.0 Å². The molecule has 2 aromatic rings. The number of hydrogen-bond donors (Lipinski definition) is 1. The van der Waals surface area contributed by atoms with Crippen molar-refractivity contribution in [3.05, 3.63) is 48.2 Å². The number of nitrogens with zero attached hydrogens (tertiary/aromatic N) is 5. The highest BCUT2D eigenvalue weighted by atomic mass is 19.1. The number of rotatable bonds is 10. The minimum Gasteiger partial charge on any atom is -0.462 e. The Kier molecular flexibility index (Phi) is 7.48. The van der Waals surface area contributed by atoms with Gasteiger partial charge in [-0.25, -0.2) is 9.37 Å². The summed E-state index contributed by atoms with van der Waals surface area (Å²) in [5.74, 6) is 1.38. The number of nitrogens with one attached hydrogen (secondary N) is 1. The molecule has 3 aliphatic rings. The monoisotopic (exact) mass is 482 g/mol. The van der Waals surface area contributed by atoms with Crippen LogP contribution >= 0.6 is 0 Å². The first kappa shape index (κ1) is 23.6. The number of anilines is 1. The minimum atomic E-state index is -0.420. The molecule has 1 aliphatic carbocycles. The summed E-state index contributed by atoms with van der Waals surface area (Å²) < 4.78 is 25.5. The Morgan fingerprint density at radius 2 is 2.09 bits per heavy atom. The molecule has 1 saturated carbocycles. The second-order valence-electron chi connectivity index (χ2n) is 9.22. The van der Waals surface area contributed by atoms with E-state index < -0.39 is 5.82 Å². The quantitative estimate of drug-likeness (QED) is 0.511. The fourth-order valence-corrected chi connectivity index (χ4v) is 5.04. The van der Waals surface area contributed by atoms with Gasteiger partial charge in [-0.15, -0.1) is 0 Å². The second kappa shape index (κ2) is 11.1. The highest BCUT2D eigenvalue weighted by Gasteiger charge is 2.55. The molecule has 3 fully saturated rings. The predicted octanol–water partition coefficient (Wildman–Crippen LogP) is 1.62. The van der Waals surface area contributed by atoms with E-state index in [9.17, 15) is 9.18 Å². The van der Waals surface area contributed by atoms with Gasteiger partial charge in [0.25, 0.3) is 0 Å². The molecule has 9 nitrogen and oxygen atoms in total. The number of carbonyl (C=O) groups excluding carboxylic acids is 1. The number of morpholine rings is 1. The number of carbonyl (C=O) groups is 1. The summed E-state index contributed by atoms with van der Waals surface area (Å²) in [6.45, 7) is 6.67. The van der Waals surface area contributed by atoms with E-state index in [1.807, 2.05) is 17.0 Å². The summed E-state index contributed by atoms with van der Waals surface area (Å²) in [7, 11) is 0. The highest BCUT2D eigenvalue weighted by Crippen LogP contribution is 2.54. The van der Waals surface area contributed by atoms with E-state index >= 15 is 0 Å². The van der Waals surface area contributed by atoms with Crippen molar-refractivity contribution in [3.63, 3.8) is 0 Å². The van der Waals surface area contributed by atoms with Crippen LogP contribution in [0.3, 0.4) is 0 Å². The van der Waals surface area contributed by atoms with Gasteiger partial charge in [0, 0.05) is 57.7 Å². The third-order valence-electron chi connectivity index (χ3n) is 7.01. The molecule has 0 aromatic carbocycles. The molecule has 2 atom stereocenters. The molecule has 2 unspecified atom stereocenters. The number of ether oxygens (including phenoxy) is 2. The topological polar surface area (TPSA) is 92.7 Å². The molecule has 2 aliphatic heterocycles. The van der Waals surface area contributed by atoms with Crippen LogP contribution in [-0.4, -0.2) is 84.8 Å². The van der Waals surface area contributed by atoms with Crippen molar-refractivity contribution in [2.24, 2.45) is 17.8 Å². The third kappa shape index (κ3) is 6.12. The van der Waals surface area contributed by atoms with Crippen molar-refractivity contribution in [3.8, 4) is 6.01 Å². The zero-order valence-corrected chi connectivity index (χ0v) is 19.7. The van der Waals surface area contributed by atoms with Gasteiger partial charge in [-0.05, 0) is 41.9 Å². The molecule has 35 heavy (non-hydrogen) atoms. The Hall–Kier alpha value is -3.11. The zero-order chi connectivity index (χ0) is 24.0. The van der Waals surface area contributed by atoms with E-state index in [0.717, 1.165) is 57.9 Å². The van der Waals surface area contributed by atoms with E-state index in [4.69, 9.17) is 9.47 Å². The Labute approximate surface area is 204 Å². The zero-order valence-electron chi connectivity index (χ0n) is 19.7. The molecular formula is C25H31FN6O3. The molecular weight excluding hydrogens is 451 g/mol. The molecule has 186 valence electrons. The average molecular weight is 483 g/mol. The Morgan fingerprint density at radius 1 is 1.26 bits per heavy atom. The smallest absolute Gasteiger partial charge is 0.318 e. The SMILES string of the molecule is O=C(/C=C/c1cccnc1)NCCC1C2CN(c3nc(OCCN4CCOCC4)ncc3F)CC12. The van der Waals surface area contributed by atoms with E-state index in [-0.39, 0.29) is 11.9 Å². The van der Waals surface area contributed by atoms with Crippen molar-refractivity contribution in [2.75, 3.05) is 64.0 Å². The van der Waals surface area contributed by atoms with Crippen LogP contribution in [0.4, 0.5) is 10.2 Å². The molecule has 0 spiro atoms. The van der Waals surface area contributed by atoms with Gasteiger partial charge < -0.3 is 19.7 Å². The van der Waals surface area contributed by atoms with Crippen molar-refractivity contribution in [2.45, 2.75) is 6.42 Å². The van der Waals surface area contributed by atoms with E-state index in [0.29, 0.717) is 36.7 Å². The highest BCUT2D eigenvalue weighted by molar-refractivity contribution is 5.91. The lowest BCUT2D eigenvalue weighted by Gasteiger charge is -2.26. The first-order chi connectivity index (χ1) is 17.2. The number of piperidine rings is 1. The van der Waals surface area contributed by atoms with E-state index in [1.165, 1.54) is 12.3 Å². The predicted molar refractivity (Wildman–Crippen MR) is 128 cm³/mol. The van der Waals surface area contributed by atoms with Gasteiger partial charge in [-0.3, -0.25) is 14.7 Å². The maximum Gasteiger partial charge on any atom is 0.318 e. The van der Waals surface area contributed by atoms with Crippen LogP contribution in [0.2, 0.25) is 0 Å². The number of amides is 1. The average Bonchev–Trinajstić information content (AvgIpc) is 3.32. The van der Waals surface area contributed by atoms with Crippen molar-refractivity contribution < 1.29 is 18.7 Å². The Balaban J connectivity index is 1.03. The van der Waals surface area contributed by atoms with Gasteiger partial charge in [0.2, 0.25) is 5.91 Å². The first-order valence-corrected chi connectivity index (χ1v) is 12.2. The van der Waals surface area contributed by atoms with Crippen LogP contribution in [-0.2, 0) is 9.53 Å². The summed E-state index contributed by atoms with van der Waals surface area (Å²) >= 11 is 0. The van der Waals surface area contributed by atoms with Gasteiger partial charge in [0.1, 0.15) is 6.61 Å². The molecule has 2 saturated heterocycles. The molecule has 4 heterocycles. The molecule has 1 amide bonds. The second-order valence-corrected chi connectivity index (χ2v) is 9.22. The van der Waals surface area contributed by atoms with Crippen LogP contribution in [0, 0.1) is 23.6 Å². The lowest BCUT2D eigenvalue weighted by molar-refractivity contribution is -0.116. The van der Waals surface area contributed by atoms with Crippen LogP contribution < -0.4 is 15.0 Å². The molecule has 1 N–H and O–H groups in total. The standard InChI is InChI=1S/C25H31FN6O3/c26-22-15-29-25(35-13-10-31-8-11-34-12-9-31)30-24(22)32-16-20-19(21(20)17-32)5-7-28-23(33)4-3-18-2-1-6-27-14-18/h1-4,6,14-15,19-21H,5,7-13,16-17H2,(H,28,33)/b4-3+. The molecule has 5 rings (SSSR count). The van der Waals surface area contributed by atoms with Crippen molar-refractivity contribution in [1.82, 2.24) is 25.2 Å². The fraction of sp³-hybridized carbons (Fsp3) is 0.520. The van der Waals surface area contributed by atoms with Gasteiger partial charge in [0.05, 0.1) is 19.4 Å². The maximum atomic E-state index is 14.5. The number of pyridine rings is 1. The minimum absolute atomic E-state index is 0.106. The number of halogens is 1. The fourth-order valence-electron chi connectivity index (χ4n) is 5.04. The largest absolute Gasteiger partial charge is 0.462 e. The lowest BCUT2D eigenvalue weighted by Crippen LogP contribution is -2.38. The van der Waals surface area contributed by atoms with Gasteiger partial charge >= 0.3 is 6.01 Å². The van der Waals surface area contributed by atoms with Crippen LogP contribution in [0.25, 0.3) is 6.08 Å². The van der Waals surface area contributed by atoms with Crippen LogP contribution in [0.15, 0.2) is 36.8 Å². The summed E-state index contributed by atoms with van der Waals surface area (Å²) in [6.07, 6.45) is 8.82. The van der Waals surface area contributed by atoms with Gasteiger partial charge in [-0.2, -0.15) is 4.98 Å². The molecule has 0 bridgehead atoms. The molecule has 0 radical (unpaired) electrons. The van der Waals surface area contributed by atoms with Crippen molar-refractivity contribution >= 4 is 17.8 Å². The normalized spacial score (nSPS) is 23.9. The number of fused-ring (bicyclic) bond motifs is 1. The van der Waals surface area contributed by atoms with Crippen molar-refractivity contribution in [1.29, 1.82) is 0 Å². The Bertz CT molecular complexity index is 1020. The lowest BCUT2D eigenvalue weighted by atomic mass is 10.2. The number of aromatic nitrogens is 3. The molecule has 2 aromatic heterocycles. The van der Waals surface area contributed by atoms with Crippen LogP contribution in [0.5, 0.6) is 6.01 Å². The Morgan fingerprint density at radius 3 is 2.86 bits per heavy atom. The molecule has 10 heteroatoms. The summed E-state index contributed by atoms with van der Waals surface area (Å²) in [5, 5.41) is 2.95. The first-order valence-electron chi connectivity index (χ1n) is 12.2. The van der Waals surface area contributed by atoms with E-state index in [1.54, 1.807) is 18.5 Å².